The number of likely N-dealkylation sites (N-methyl/N-ethyl adjacent to an activating group) is 1. The van der Waals surface area contributed by atoms with Crippen LogP contribution in [0.4, 0.5) is 0 Å². The Morgan fingerprint density at radius 3 is 2.70 bits per heavy atom. The molecule has 0 bridgehead atoms. The molecule has 0 aliphatic carbocycles. The van der Waals surface area contributed by atoms with Crippen molar-refractivity contribution in [2.24, 2.45) is 0 Å². The number of hydrogen-bond acceptors (Lipinski definition) is 4. The summed E-state index contributed by atoms with van der Waals surface area (Å²) in [5.74, 6) is -0.247. The highest BCUT2D eigenvalue weighted by Crippen LogP contribution is 2.15. The number of carbonyl (C=O) groups is 2. The number of carbonyl (C=O) groups excluding carboxylic acids is 2. The highest BCUT2D eigenvalue weighted by atomic mass is 16.2. The molecular formula is C20H23N5O2. The fourth-order valence-electron chi connectivity index (χ4n) is 2.80. The zero-order chi connectivity index (χ0) is 19.2. The fourth-order valence-corrected chi connectivity index (χ4v) is 2.80. The maximum Gasteiger partial charge on any atom is 0.290 e. The number of nitrogens with zero attached hydrogens (tertiary/aromatic N) is 4. The van der Waals surface area contributed by atoms with E-state index in [0.717, 1.165) is 18.4 Å². The Morgan fingerprint density at radius 1 is 1.19 bits per heavy atom. The van der Waals surface area contributed by atoms with Gasteiger partial charge in [0.15, 0.2) is 5.69 Å². The topological polar surface area (TPSA) is 79.6 Å². The molecule has 0 atom stereocenters. The summed E-state index contributed by atoms with van der Waals surface area (Å²) in [5.41, 5.74) is 2.00. The van der Waals surface area contributed by atoms with Crippen molar-refractivity contribution in [3.05, 3.63) is 66.0 Å². The van der Waals surface area contributed by atoms with Gasteiger partial charge in [0.2, 0.25) is 5.82 Å². The number of pyridine rings is 2. The Kier molecular flexibility index (Phi) is 5.80. The van der Waals surface area contributed by atoms with E-state index in [0.29, 0.717) is 18.6 Å². The second-order valence-corrected chi connectivity index (χ2v) is 6.33. The first-order valence-corrected chi connectivity index (χ1v) is 9.01. The van der Waals surface area contributed by atoms with E-state index in [2.05, 4.69) is 15.3 Å². The lowest BCUT2D eigenvalue weighted by atomic mass is 10.2. The normalized spacial score (nSPS) is 10.7. The molecule has 140 valence electrons. The molecule has 0 saturated heterocycles. The number of fused-ring (bicyclic) bond motifs is 1. The van der Waals surface area contributed by atoms with Gasteiger partial charge in [-0.25, -0.2) is 4.98 Å². The standard InChI is InChI=1S/C20H23N5O2/c1-3-10-22-19(26)17-16-6-4-5-13-25(16)18(23-17)20(27)24(2)14-9-15-7-11-21-12-8-15/h4-8,11-13H,3,9-10,14H2,1-2H3,(H,22,26). The van der Waals surface area contributed by atoms with Crippen LogP contribution in [-0.2, 0) is 6.42 Å². The van der Waals surface area contributed by atoms with Gasteiger partial charge in [0.1, 0.15) is 0 Å². The second-order valence-electron chi connectivity index (χ2n) is 6.33. The second kappa shape index (κ2) is 8.44. The summed E-state index contributed by atoms with van der Waals surface area (Å²) >= 11 is 0. The number of amides is 2. The quantitative estimate of drug-likeness (QED) is 0.696. The van der Waals surface area contributed by atoms with E-state index < -0.39 is 0 Å². The summed E-state index contributed by atoms with van der Waals surface area (Å²) in [6.07, 6.45) is 6.78. The monoisotopic (exact) mass is 365 g/mol. The summed E-state index contributed by atoms with van der Waals surface area (Å²) < 4.78 is 1.67. The molecule has 7 heteroatoms. The van der Waals surface area contributed by atoms with E-state index in [9.17, 15) is 9.59 Å². The van der Waals surface area contributed by atoms with Gasteiger partial charge in [0.05, 0.1) is 5.52 Å². The lowest BCUT2D eigenvalue weighted by molar-refractivity contribution is 0.0784. The van der Waals surface area contributed by atoms with Gasteiger partial charge >= 0.3 is 0 Å². The lowest BCUT2D eigenvalue weighted by Gasteiger charge is -2.16. The molecule has 3 aromatic heterocycles. The van der Waals surface area contributed by atoms with Gasteiger partial charge in [-0.3, -0.25) is 19.0 Å². The van der Waals surface area contributed by atoms with Gasteiger partial charge in [0, 0.05) is 38.7 Å². The fraction of sp³-hybridized carbons (Fsp3) is 0.300. The van der Waals surface area contributed by atoms with Crippen LogP contribution < -0.4 is 5.32 Å². The molecule has 3 rings (SSSR count). The van der Waals surface area contributed by atoms with Crippen molar-refractivity contribution in [3.8, 4) is 0 Å². The Balaban J connectivity index is 1.82. The molecule has 0 aliphatic heterocycles. The third-order valence-corrected chi connectivity index (χ3v) is 4.32. The van der Waals surface area contributed by atoms with Gasteiger partial charge in [-0.05, 0) is 42.7 Å². The van der Waals surface area contributed by atoms with Crippen LogP contribution >= 0.6 is 0 Å². The average molecular weight is 365 g/mol. The van der Waals surface area contributed by atoms with Crippen molar-refractivity contribution in [1.29, 1.82) is 0 Å². The molecular weight excluding hydrogens is 342 g/mol. The van der Waals surface area contributed by atoms with Gasteiger partial charge in [-0.2, -0.15) is 0 Å². The minimum Gasteiger partial charge on any atom is -0.351 e. The third kappa shape index (κ3) is 4.13. The van der Waals surface area contributed by atoms with Crippen LogP contribution in [0.3, 0.4) is 0 Å². The van der Waals surface area contributed by atoms with Crippen molar-refractivity contribution in [3.63, 3.8) is 0 Å². The first-order chi connectivity index (χ1) is 13.1. The van der Waals surface area contributed by atoms with Crippen LogP contribution in [0.25, 0.3) is 5.52 Å². The van der Waals surface area contributed by atoms with E-state index in [4.69, 9.17) is 0 Å². The van der Waals surface area contributed by atoms with Crippen LogP contribution in [0.15, 0.2) is 48.9 Å². The number of aromatic nitrogens is 3. The molecule has 3 heterocycles. The molecule has 7 nitrogen and oxygen atoms in total. The molecule has 0 radical (unpaired) electrons. The zero-order valence-corrected chi connectivity index (χ0v) is 15.6. The molecule has 0 unspecified atom stereocenters. The molecule has 0 spiro atoms. The molecule has 0 aliphatic rings. The van der Waals surface area contributed by atoms with Crippen LogP contribution in [0, 0.1) is 0 Å². The average Bonchev–Trinajstić information content (AvgIpc) is 3.10. The zero-order valence-electron chi connectivity index (χ0n) is 15.6. The maximum absolute atomic E-state index is 12.9. The summed E-state index contributed by atoms with van der Waals surface area (Å²) in [4.78, 5) is 35.3. The van der Waals surface area contributed by atoms with Crippen molar-refractivity contribution >= 4 is 17.3 Å². The third-order valence-electron chi connectivity index (χ3n) is 4.32. The minimum absolute atomic E-state index is 0.222. The van der Waals surface area contributed by atoms with E-state index in [-0.39, 0.29) is 23.3 Å². The summed E-state index contributed by atoms with van der Waals surface area (Å²) in [6.45, 7) is 3.10. The van der Waals surface area contributed by atoms with Crippen LogP contribution in [0.5, 0.6) is 0 Å². The first-order valence-electron chi connectivity index (χ1n) is 9.01. The molecule has 0 fully saturated rings. The molecule has 0 aromatic carbocycles. The summed E-state index contributed by atoms with van der Waals surface area (Å²) in [5, 5.41) is 2.82. The van der Waals surface area contributed by atoms with E-state index in [1.54, 1.807) is 41.0 Å². The van der Waals surface area contributed by atoms with Crippen molar-refractivity contribution in [2.45, 2.75) is 19.8 Å². The number of nitrogens with one attached hydrogen (secondary N) is 1. The summed E-state index contributed by atoms with van der Waals surface area (Å²) in [7, 11) is 1.74. The highest BCUT2D eigenvalue weighted by Gasteiger charge is 2.23. The Morgan fingerprint density at radius 2 is 1.96 bits per heavy atom. The Hall–Kier alpha value is -3.22. The van der Waals surface area contributed by atoms with Gasteiger partial charge < -0.3 is 10.2 Å². The van der Waals surface area contributed by atoms with Gasteiger partial charge in [0.25, 0.3) is 11.8 Å². The Bertz CT molecular complexity index is 936. The predicted octanol–water partition coefficient (Wildman–Crippen LogP) is 2.18. The minimum atomic E-state index is -0.265. The van der Waals surface area contributed by atoms with Crippen LogP contribution in [0.2, 0.25) is 0 Å². The molecule has 3 aromatic rings. The SMILES string of the molecule is CCCNC(=O)c1nc(C(=O)N(C)CCc2ccncc2)n2ccccc12. The highest BCUT2D eigenvalue weighted by molar-refractivity contribution is 6.02. The van der Waals surface area contributed by atoms with Gasteiger partial charge in [-0.15, -0.1) is 0 Å². The van der Waals surface area contributed by atoms with E-state index in [1.165, 1.54) is 0 Å². The number of hydrogen-bond donors (Lipinski definition) is 1. The van der Waals surface area contributed by atoms with Crippen molar-refractivity contribution in [1.82, 2.24) is 24.6 Å². The van der Waals surface area contributed by atoms with Crippen LogP contribution in [0.1, 0.15) is 40.0 Å². The lowest BCUT2D eigenvalue weighted by Crippen LogP contribution is -2.30. The van der Waals surface area contributed by atoms with Crippen LogP contribution in [-0.4, -0.2) is 51.2 Å². The smallest absolute Gasteiger partial charge is 0.290 e. The number of imidazole rings is 1. The maximum atomic E-state index is 12.9. The predicted molar refractivity (Wildman–Crippen MR) is 103 cm³/mol. The first kappa shape index (κ1) is 18.6. The Labute approximate surface area is 158 Å². The summed E-state index contributed by atoms with van der Waals surface area (Å²) in [6, 6.07) is 9.30. The molecule has 27 heavy (non-hydrogen) atoms. The molecule has 2 amide bonds. The van der Waals surface area contributed by atoms with E-state index in [1.807, 2.05) is 31.2 Å². The van der Waals surface area contributed by atoms with Crippen molar-refractivity contribution < 1.29 is 9.59 Å². The van der Waals surface area contributed by atoms with Crippen molar-refractivity contribution in [2.75, 3.05) is 20.1 Å². The van der Waals surface area contributed by atoms with E-state index >= 15 is 0 Å². The largest absolute Gasteiger partial charge is 0.351 e. The molecule has 1 N–H and O–H groups in total. The van der Waals surface area contributed by atoms with Gasteiger partial charge in [-0.1, -0.05) is 13.0 Å². The number of rotatable bonds is 7. The molecule has 0 saturated carbocycles.